The van der Waals surface area contributed by atoms with Crippen LogP contribution in [0.25, 0.3) is 11.4 Å². The summed E-state index contributed by atoms with van der Waals surface area (Å²) < 4.78 is 0. The molecule has 0 radical (unpaired) electrons. The molecule has 1 saturated heterocycles. The zero-order valence-corrected chi connectivity index (χ0v) is 14.9. The molecular formula is C17H23N7O2. The maximum atomic E-state index is 12.4. The molecule has 0 aliphatic carbocycles. The van der Waals surface area contributed by atoms with Crippen LogP contribution in [0.4, 0.5) is 0 Å². The number of amides is 2. The number of tetrazole rings is 1. The van der Waals surface area contributed by atoms with Gasteiger partial charge >= 0.3 is 0 Å². The number of rotatable bonds is 6. The van der Waals surface area contributed by atoms with E-state index in [9.17, 15) is 9.59 Å². The molecular weight excluding hydrogens is 334 g/mol. The molecule has 0 spiro atoms. The van der Waals surface area contributed by atoms with Crippen LogP contribution in [-0.4, -0.2) is 62.5 Å². The lowest BCUT2D eigenvalue weighted by Gasteiger charge is -2.37. The third-order valence-electron chi connectivity index (χ3n) is 4.43. The third kappa shape index (κ3) is 4.23. The van der Waals surface area contributed by atoms with Crippen molar-refractivity contribution in [1.82, 2.24) is 36.2 Å². The first-order valence-corrected chi connectivity index (χ1v) is 8.67. The maximum absolute atomic E-state index is 12.4. The number of piperazine rings is 1. The van der Waals surface area contributed by atoms with Crippen molar-refractivity contribution in [3.05, 3.63) is 29.8 Å². The molecule has 2 heterocycles. The predicted molar refractivity (Wildman–Crippen MR) is 94.7 cm³/mol. The lowest BCUT2D eigenvalue weighted by molar-refractivity contribution is -0.134. The lowest BCUT2D eigenvalue weighted by Crippen LogP contribution is -2.58. The predicted octanol–water partition coefficient (Wildman–Crippen LogP) is 0.0818. The standard InChI is InChI=1S/C17H23N7O2/c1-11(2)24-7-6-18-17(26)14(24)9-15(25)19-10-12-4-3-5-13(8-12)16-20-22-23-21-16/h3-5,8,11,14H,6-7,9-10H2,1-2H3,(H,18,26)(H,19,25)(H,20,21,22,23)/t14-/m0/s1. The normalized spacial score (nSPS) is 18.0. The number of aromatic amines is 1. The summed E-state index contributed by atoms with van der Waals surface area (Å²) in [5.41, 5.74) is 1.75. The fourth-order valence-corrected chi connectivity index (χ4v) is 3.11. The second-order valence-corrected chi connectivity index (χ2v) is 6.56. The number of aromatic nitrogens is 4. The van der Waals surface area contributed by atoms with Gasteiger partial charge in [-0.3, -0.25) is 14.5 Å². The maximum Gasteiger partial charge on any atom is 0.237 e. The largest absolute Gasteiger partial charge is 0.353 e. The van der Waals surface area contributed by atoms with Crippen LogP contribution in [0.15, 0.2) is 24.3 Å². The minimum atomic E-state index is -0.422. The fourth-order valence-electron chi connectivity index (χ4n) is 3.11. The summed E-state index contributed by atoms with van der Waals surface area (Å²) in [6.07, 6.45) is 0.147. The highest BCUT2D eigenvalue weighted by atomic mass is 16.2. The van der Waals surface area contributed by atoms with Gasteiger partial charge < -0.3 is 10.6 Å². The highest BCUT2D eigenvalue weighted by Crippen LogP contribution is 2.15. The SMILES string of the molecule is CC(C)N1CCNC(=O)[C@@H]1CC(=O)NCc1cccc(-c2nn[nH]n2)c1. The van der Waals surface area contributed by atoms with E-state index in [1.54, 1.807) is 0 Å². The van der Waals surface area contributed by atoms with Gasteiger partial charge in [0.2, 0.25) is 17.6 Å². The zero-order chi connectivity index (χ0) is 18.5. The van der Waals surface area contributed by atoms with E-state index >= 15 is 0 Å². The zero-order valence-electron chi connectivity index (χ0n) is 14.9. The minimum Gasteiger partial charge on any atom is -0.353 e. The highest BCUT2D eigenvalue weighted by Gasteiger charge is 2.32. The molecule has 26 heavy (non-hydrogen) atoms. The summed E-state index contributed by atoms with van der Waals surface area (Å²) in [5.74, 6) is 0.270. The first-order valence-electron chi connectivity index (χ1n) is 8.67. The van der Waals surface area contributed by atoms with Crippen LogP contribution < -0.4 is 10.6 Å². The molecule has 9 nitrogen and oxygen atoms in total. The fraction of sp³-hybridized carbons (Fsp3) is 0.471. The van der Waals surface area contributed by atoms with Crippen LogP contribution in [0.1, 0.15) is 25.8 Å². The van der Waals surface area contributed by atoms with Gasteiger partial charge in [0.15, 0.2) is 0 Å². The molecule has 1 fully saturated rings. The van der Waals surface area contributed by atoms with Crippen LogP contribution in [0.3, 0.4) is 0 Å². The van der Waals surface area contributed by atoms with Gasteiger partial charge in [0, 0.05) is 31.2 Å². The minimum absolute atomic E-state index is 0.0841. The van der Waals surface area contributed by atoms with Crippen LogP contribution in [0.2, 0.25) is 0 Å². The van der Waals surface area contributed by atoms with E-state index in [1.807, 2.05) is 38.1 Å². The number of hydrogen-bond donors (Lipinski definition) is 3. The topological polar surface area (TPSA) is 116 Å². The van der Waals surface area contributed by atoms with E-state index in [0.29, 0.717) is 18.9 Å². The lowest BCUT2D eigenvalue weighted by atomic mass is 10.1. The van der Waals surface area contributed by atoms with Crippen molar-refractivity contribution >= 4 is 11.8 Å². The Labute approximate surface area is 151 Å². The molecule has 1 aliphatic rings. The molecule has 2 amide bonds. The van der Waals surface area contributed by atoms with Gasteiger partial charge in [0.05, 0.1) is 12.5 Å². The van der Waals surface area contributed by atoms with Crippen molar-refractivity contribution in [2.45, 2.75) is 38.9 Å². The molecule has 2 aromatic rings. The molecule has 1 atom stereocenters. The van der Waals surface area contributed by atoms with E-state index in [0.717, 1.165) is 17.7 Å². The summed E-state index contributed by atoms with van der Waals surface area (Å²) in [6.45, 7) is 5.83. The van der Waals surface area contributed by atoms with Crippen LogP contribution in [0, 0.1) is 0 Å². The van der Waals surface area contributed by atoms with Crippen LogP contribution in [0.5, 0.6) is 0 Å². The number of nitrogens with one attached hydrogen (secondary N) is 3. The van der Waals surface area contributed by atoms with Gasteiger partial charge in [0.25, 0.3) is 0 Å². The van der Waals surface area contributed by atoms with Gasteiger partial charge in [-0.25, -0.2) is 0 Å². The summed E-state index contributed by atoms with van der Waals surface area (Å²) in [6, 6.07) is 7.36. The Morgan fingerprint density at radius 1 is 1.42 bits per heavy atom. The molecule has 1 aliphatic heterocycles. The van der Waals surface area contributed by atoms with Crippen molar-refractivity contribution in [3.8, 4) is 11.4 Å². The van der Waals surface area contributed by atoms with Crippen molar-refractivity contribution in [2.75, 3.05) is 13.1 Å². The summed E-state index contributed by atoms with van der Waals surface area (Å²) >= 11 is 0. The molecule has 0 saturated carbocycles. The van der Waals surface area contributed by atoms with E-state index in [4.69, 9.17) is 0 Å². The molecule has 0 unspecified atom stereocenters. The quantitative estimate of drug-likeness (QED) is 0.674. The van der Waals surface area contributed by atoms with Crippen molar-refractivity contribution in [3.63, 3.8) is 0 Å². The first kappa shape index (κ1) is 18.0. The average Bonchev–Trinajstić information content (AvgIpc) is 3.16. The first-order chi connectivity index (χ1) is 12.5. The molecule has 9 heteroatoms. The molecule has 1 aromatic carbocycles. The van der Waals surface area contributed by atoms with E-state index in [2.05, 4.69) is 36.2 Å². The molecule has 3 N–H and O–H groups in total. The highest BCUT2D eigenvalue weighted by molar-refractivity contribution is 5.88. The van der Waals surface area contributed by atoms with Crippen molar-refractivity contribution in [1.29, 1.82) is 0 Å². The molecule has 3 rings (SSSR count). The third-order valence-corrected chi connectivity index (χ3v) is 4.43. The second kappa shape index (κ2) is 8.05. The van der Waals surface area contributed by atoms with E-state index < -0.39 is 6.04 Å². The Morgan fingerprint density at radius 3 is 3.00 bits per heavy atom. The van der Waals surface area contributed by atoms with E-state index in [1.165, 1.54) is 0 Å². The van der Waals surface area contributed by atoms with Crippen LogP contribution >= 0.6 is 0 Å². The Balaban J connectivity index is 1.58. The smallest absolute Gasteiger partial charge is 0.237 e. The molecule has 1 aromatic heterocycles. The number of H-pyrrole nitrogens is 1. The number of nitrogens with zero attached hydrogens (tertiary/aromatic N) is 4. The summed E-state index contributed by atoms with van der Waals surface area (Å²) in [7, 11) is 0. The van der Waals surface area contributed by atoms with Crippen molar-refractivity contribution in [2.24, 2.45) is 0 Å². The Kier molecular flexibility index (Phi) is 5.57. The van der Waals surface area contributed by atoms with Crippen molar-refractivity contribution < 1.29 is 9.59 Å². The monoisotopic (exact) mass is 357 g/mol. The average molecular weight is 357 g/mol. The number of carbonyl (C=O) groups excluding carboxylic acids is 2. The van der Waals surface area contributed by atoms with Crippen LogP contribution in [-0.2, 0) is 16.1 Å². The van der Waals surface area contributed by atoms with Gasteiger partial charge in [-0.05, 0) is 30.7 Å². The Hall–Kier alpha value is -2.81. The summed E-state index contributed by atoms with van der Waals surface area (Å²) in [5, 5.41) is 19.6. The number of hydrogen-bond acceptors (Lipinski definition) is 6. The Bertz CT molecular complexity index is 760. The number of benzene rings is 1. The molecule has 138 valence electrons. The van der Waals surface area contributed by atoms with Gasteiger partial charge in [-0.1, -0.05) is 18.2 Å². The van der Waals surface area contributed by atoms with Gasteiger partial charge in [-0.15, -0.1) is 10.2 Å². The second-order valence-electron chi connectivity index (χ2n) is 6.56. The van der Waals surface area contributed by atoms with Gasteiger partial charge in [0.1, 0.15) is 0 Å². The Morgan fingerprint density at radius 2 is 2.27 bits per heavy atom. The number of carbonyl (C=O) groups is 2. The molecule has 0 bridgehead atoms. The summed E-state index contributed by atoms with van der Waals surface area (Å²) in [4.78, 5) is 26.6. The van der Waals surface area contributed by atoms with Gasteiger partial charge in [-0.2, -0.15) is 5.21 Å². The van der Waals surface area contributed by atoms with E-state index in [-0.39, 0.29) is 24.3 Å².